The summed E-state index contributed by atoms with van der Waals surface area (Å²) in [5.41, 5.74) is 0.939. The van der Waals surface area contributed by atoms with E-state index in [0.29, 0.717) is 31.9 Å². The minimum Gasteiger partial charge on any atom is -0.491 e. The SMILES string of the molecule is CCOC(=O)[C@@H]1CCCN(C[C@H](O)COc2ccc(CC#N)cc2)C1. The van der Waals surface area contributed by atoms with E-state index in [1.807, 2.05) is 19.1 Å². The molecule has 0 aromatic heterocycles. The number of carbonyl (C=O) groups is 1. The van der Waals surface area contributed by atoms with Gasteiger partial charge in [0, 0.05) is 13.1 Å². The maximum Gasteiger partial charge on any atom is 0.310 e. The minimum atomic E-state index is -0.625. The molecular formula is C19H26N2O4. The summed E-state index contributed by atoms with van der Waals surface area (Å²) in [6.07, 6.45) is 1.52. The number of hydrogen-bond donors (Lipinski definition) is 1. The van der Waals surface area contributed by atoms with E-state index in [4.69, 9.17) is 14.7 Å². The number of carbonyl (C=O) groups excluding carboxylic acids is 1. The van der Waals surface area contributed by atoms with Crippen molar-refractivity contribution in [3.05, 3.63) is 29.8 Å². The predicted octanol–water partition coefficient (Wildman–Crippen LogP) is 1.77. The van der Waals surface area contributed by atoms with Gasteiger partial charge in [0.1, 0.15) is 18.5 Å². The zero-order valence-electron chi connectivity index (χ0n) is 14.7. The average molecular weight is 346 g/mol. The second-order valence-electron chi connectivity index (χ2n) is 6.29. The van der Waals surface area contributed by atoms with E-state index in [-0.39, 0.29) is 18.5 Å². The number of ether oxygens (including phenoxy) is 2. The lowest BCUT2D eigenvalue weighted by atomic mass is 9.98. The van der Waals surface area contributed by atoms with Crippen LogP contribution in [0.25, 0.3) is 0 Å². The third-order valence-corrected chi connectivity index (χ3v) is 4.24. The second-order valence-corrected chi connectivity index (χ2v) is 6.29. The Morgan fingerprint density at radius 2 is 2.20 bits per heavy atom. The molecule has 2 rings (SSSR count). The molecule has 1 aromatic rings. The summed E-state index contributed by atoms with van der Waals surface area (Å²) in [4.78, 5) is 14.0. The molecule has 1 aliphatic rings. The number of benzene rings is 1. The molecule has 0 bridgehead atoms. The van der Waals surface area contributed by atoms with Gasteiger partial charge in [0.05, 0.1) is 25.0 Å². The number of β-amino-alcohol motifs (C(OH)–C–C–N with tert-alkyl or cyclic N) is 1. The highest BCUT2D eigenvalue weighted by atomic mass is 16.5. The molecule has 1 aromatic carbocycles. The number of hydrogen-bond acceptors (Lipinski definition) is 6. The molecule has 0 spiro atoms. The molecule has 1 aliphatic heterocycles. The molecule has 0 radical (unpaired) electrons. The van der Waals surface area contributed by atoms with Crippen molar-refractivity contribution in [2.45, 2.75) is 32.3 Å². The van der Waals surface area contributed by atoms with Crippen molar-refractivity contribution in [3.8, 4) is 11.8 Å². The van der Waals surface area contributed by atoms with Gasteiger partial charge in [-0.3, -0.25) is 9.69 Å². The summed E-state index contributed by atoms with van der Waals surface area (Å²) < 4.78 is 10.7. The lowest BCUT2D eigenvalue weighted by molar-refractivity contribution is -0.150. The van der Waals surface area contributed by atoms with Crippen molar-refractivity contribution in [1.82, 2.24) is 4.90 Å². The number of nitriles is 1. The van der Waals surface area contributed by atoms with Crippen LogP contribution in [0.5, 0.6) is 5.75 Å². The topological polar surface area (TPSA) is 82.8 Å². The lowest BCUT2D eigenvalue weighted by Gasteiger charge is -2.32. The maximum atomic E-state index is 11.9. The number of nitrogens with zero attached hydrogens (tertiary/aromatic N) is 2. The number of likely N-dealkylation sites (tertiary alicyclic amines) is 1. The fourth-order valence-electron chi connectivity index (χ4n) is 3.01. The number of esters is 1. The molecule has 136 valence electrons. The van der Waals surface area contributed by atoms with E-state index in [0.717, 1.165) is 24.9 Å². The van der Waals surface area contributed by atoms with Crippen molar-refractivity contribution in [2.24, 2.45) is 5.92 Å². The minimum absolute atomic E-state index is 0.102. The van der Waals surface area contributed by atoms with Gasteiger partial charge in [0.25, 0.3) is 0 Å². The molecule has 1 fully saturated rings. The molecular weight excluding hydrogens is 320 g/mol. The van der Waals surface area contributed by atoms with Crippen molar-refractivity contribution in [1.29, 1.82) is 5.26 Å². The Balaban J connectivity index is 1.74. The van der Waals surface area contributed by atoms with Crippen molar-refractivity contribution >= 4 is 5.97 Å². The van der Waals surface area contributed by atoms with Gasteiger partial charge in [-0.05, 0) is 44.0 Å². The third kappa shape index (κ3) is 6.37. The molecule has 25 heavy (non-hydrogen) atoms. The van der Waals surface area contributed by atoms with E-state index in [1.54, 1.807) is 12.1 Å². The molecule has 1 saturated heterocycles. The molecule has 6 heteroatoms. The molecule has 0 aliphatic carbocycles. The first-order valence-corrected chi connectivity index (χ1v) is 8.78. The monoisotopic (exact) mass is 346 g/mol. The molecule has 6 nitrogen and oxygen atoms in total. The fourth-order valence-corrected chi connectivity index (χ4v) is 3.01. The summed E-state index contributed by atoms with van der Waals surface area (Å²) in [6, 6.07) is 9.40. The van der Waals surface area contributed by atoms with Gasteiger partial charge in [-0.1, -0.05) is 12.1 Å². The number of aliphatic hydroxyl groups is 1. The first-order valence-electron chi connectivity index (χ1n) is 8.78. The zero-order valence-corrected chi connectivity index (χ0v) is 14.7. The maximum absolute atomic E-state index is 11.9. The molecule has 1 N–H and O–H groups in total. The molecule has 1 heterocycles. The van der Waals surface area contributed by atoms with Crippen LogP contribution in [0.3, 0.4) is 0 Å². The van der Waals surface area contributed by atoms with Gasteiger partial charge >= 0.3 is 5.97 Å². The van der Waals surface area contributed by atoms with E-state index in [9.17, 15) is 9.90 Å². The standard InChI is InChI=1S/C19H26N2O4/c1-2-24-19(23)16-4-3-11-21(12-16)13-17(22)14-25-18-7-5-15(6-8-18)9-10-20/h5-8,16-17,22H,2-4,9,11-14H2,1H3/t16-,17+/m1/s1. The summed E-state index contributed by atoms with van der Waals surface area (Å²) in [5, 5.41) is 18.9. The number of aliphatic hydroxyl groups excluding tert-OH is 1. The van der Waals surface area contributed by atoms with Gasteiger partial charge in [-0.25, -0.2) is 0 Å². The van der Waals surface area contributed by atoms with Gasteiger partial charge in [0.15, 0.2) is 0 Å². The summed E-state index contributed by atoms with van der Waals surface area (Å²) in [7, 11) is 0. The van der Waals surface area contributed by atoms with E-state index in [1.165, 1.54) is 0 Å². The summed E-state index contributed by atoms with van der Waals surface area (Å²) in [6.45, 7) is 4.38. The molecule has 0 unspecified atom stereocenters. The van der Waals surface area contributed by atoms with Crippen molar-refractivity contribution < 1.29 is 19.4 Å². The molecule has 0 amide bonds. The van der Waals surface area contributed by atoms with Gasteiger partial charge in [-0.2, -0.15) is 5.26 Å². The van der Waals surface area contributed by atoms with Crippen molar-refractivity contribution in [3.63, 3.8) is 0 Å². The Hall–Kier alpha value is -2.10. The van der Waals surface area contributed by atoms with Crippen LogP contribution in [-0.2, 0) is 16.0 Å². The van der Waals surface area contributed by atoms with Crippen LogP contribution in [0.2, 0.25) is 0 Å². The zero-order chi connectivity index (χ0) is 18.1. The van der Waals surface area contributed by atoms with Gasteiger partial charge in [-0.15, -0.1) is 0 Å². The Kier molecular flexibility index (Phi) is 7.71. The summed E-state index contributed by atoms with van der Waals surface area (Å²) >= 11 is 0. The highest BCUT2D eigenvalue weighted by Gasteiger charge is 2.27. The van der Waals surface area contributed by atoms with Crippen LogP contribution in [0, 0.1) is 17.2 Å². The lowest BCUT2D eigenvalue weighted by Crippen LogP contribution is -2.44. The normalized spacial score (nSPS) is 19.0. The molecule has 2 atom stereocenters. The smallest absolute Gasteiger partial charge is 0.310 e. The van der Waals surface area contributed by atoms with E-state index in [2.05, 4.69) is 11.0 Å². The van der Waals surface area contributed by atoms with Gasteiger partial charge in [0.2, 0.25) is 0 Å². The van der Waals surface area contributed by atoms with Crippen LogP contribution in [0.1, 0.15) is 25.3 Å². The van der Waals surface area contributed by atoms with E-state index >= 15 is 0 Å². The molecule has 0 saturated carbocycles. The first kappa shape index (κ1) is 19.2. The third-order valence-electron chi connectivity index (χ3n) is 4.24. The van der Waals surface area contributed by atoms with E-state index < -0.39 is 6.10 Å². The second kappa shape index (κ2) is 10.0. The fraction of sp³-hybridized carbons (Fsp3) is 0.579. The Bertz CT molecular complexity index is 582. The number of rotatable bonds is 8. The van der Waals surface area contributed by atoms with Crippen LogP contribution < -0.4 is 4.74 Å². The van der Waals surface area contributed by atoms with Crippen molar-refractivity contribution in [2.75, 3.05) is 32.8 Å². The largest absolute Gasteiger partial charge is 0.491 e. The first-order chi connectivity index (χ1) is 12.1. The van der Waals surface area contributed by atoms with Gasteiger partial charge < -0.3 is 14.6 Å². The van der Waals surface area contributed by atoms with Crippen LogP contribution in [0.4, 0.5) is 0 Å². The quantitative estimate of drug-likeness (QED) is 0.722. The van der Waals surface area contributed by atoms with Crippen LogP contribution >= 0.6 is 0 Å². The summed E-state index contributed by atoms with van der Waals surface area (Å²) in [5.74, 6) is 0.425. The Labute approximate surface area is 149 Å². The highest BCUT2D eigenvalue weighted by Crippen LogP contribution is 2.18. The average Bonchev–Trinajstić information content (AvgIpc) is 2.62. The number of piperidine rings is 1. The van der Waals surface area contributed by atoms with Crippen LogP contribution in [0.15, 0.2) is 24.3 Å². The predicted molar refractivity (Wildman–Crippen MR) is 93.1 cm³/mol. The Morgan fingerprint density at radius 3 is 2.88 bits per heavy atom. The van der Waals surface area contributed by atoms with Crippen LogP contribution in [-0.4, -0.2) is 54.9 Å². The Morgan fingerprint density at radius 1 is 1.44 bits per heavy atom. The highest BCUT2D eigenvalue weighted by molar-refractivity contribution is 5.72.